The van der Waals surface area contributed by atoms with Gasteiger partial charge in [-0.05, 0) is 35.1 Å². The second-order valence-corrected chi connectivity index (χ2v) is 7.64. The topological polar surface area (TPSA) is 59.8 Å². The van der Waals surface area contributed by atoms with E-state index in [1.165, 1.54) is 24.4 Å². The number of aromatic nitrogens is 3. The molecule has 1 N–H and O–H groups in total. The number of halogens is 3. The van der Waals surface area contributed by atoms with Gasteiger partial charge in [0.25, 0.3) is 5.91 Å². The van der Waals surface area contributed by atoms with Gasteiger partial charge in [-0.15, -0.1) is 5.10 Å². The van der Waals surface area contributed by atoms with Crippen LogP contribution in [0, 0.1) is 0 Å². The number of carbonyl (C=O) groups excluding carboxylic acids is 1. The molecular formula is C22H23F3N4O. The fourth-order valence-electron chi connectivity index (χ4n) is 3.27. The lowest BCUT2D eigenvalue weighted by molar-refractivity contribution is -0.137. The summed E-state index contributed by atoms with van der Waals surface area (Å²) in [6, 6.07) is 10.9. The average Bonchev–Trinajstić information content (AvgIpc) is 3.17. The molecule has 0 bridgehead atoms. The summed E-state index contributed by atoms with van der Waals surface area (Å²) in [6.45, 7) is 8.11. The van der Waals surface area contributed by atoms with E-state index in [9.17, 15) is 18.0 Å². The SMILES string of the molecule is CC(C)c1cccc(C(C)C)c1NC(=O)c1cn(-c2ccccc2C(F)(F)F)nn1. The Morgan fingerprint density at radius 2 is 1.57 bits per heavy atom. The zero-order valence-corrected chi connectivity index (χ0v) is 17.2. The molecule has 2 aromatic carbocycles. The maximum atomic E-state index is 13.3. The van der Waals surface area contributed by atoms with E-state index in [2.05, 4.69) is 15.6 Å². The standard InChI is InChI=1S/C22H23F3N4O/c1-13(2)15-8-7-9-16(14(3)4)20(15)26-21(30)18-12-29(28-27-18)19-11-6-5-10-17(19)22(23,24)25/h5-14H,1-4H3,(H,26,30). The van der Waals surface area contributed by atoms with Crippen molar-refractivity contribution >= 4 is 11.6 Å². The van der Waals surface area contributed by atoms with E-state index in [0.717, 1.165) is 21.9 Å². The smallest absolute Gasteiger partial charge is 0.320 e. The van der Waals surface area contributed by atoms with Crippen molar-refractivity contribution in [1.82, 2.24) is 15.0 Å². The summed E-state index contributed by atoms with van der Waals surface area (Å²) in [7, 11) is 0. The molecule has 5 nitrogen and oxygen atoms in total. The van der Waals surface area contributed by atoms with Gasteiger partial charge >= 0.3 is 6.18 Å². The van der Waals surface area contributed by atoms with E-state index in [1.807, 2.05) is 45.9 Å². The zero-order valence-electron chi connectivity index (χ0n) is 17.2. The van der Waals surface area contributed by atoms with Gasteiger partial charge in [-0.25, -0.2) is 4.68 Å². The second kappa shape index (κ2) is 8.30. The van der Waals surface area contributed by atoms with Crippen LogP contribution >= 0.6 is 0 Å². The van der Waals surface area contributed by atoms with Crippen LogP contribution in [0.2, 0.25) is 0 Å². The van der Waals surface area contributed by atoms with E-state index in [1.54, 1.807) is 0 Å². The Hall–Kier alpha value is -3.16. The fourth-order valence-corrected chi connectivity index (χ4v) is 3.27. The number of carbonyl (C=O) groups is 1. The Kier molecular flexibility index (Phi) is 5.96. The molecule has 0 fully saturated rings. The van der Waals surface area contributed by atoms with Crippen LogP contribution in [0.1, 0.15) is 66.7 Å². The van der Waals surface area contributed by atoms with E-state index < -0.39 is 17.6 Å². The molecule has 8 heteroatoms. The number of amides is 1. The summed E-state index contributed by atoms with van der Waals surface area (Å²) in [6.07, 6.45) is -3.35. The number of para-hydroxylation sites is 2. The number of hydrogen-bond acceptors (Lipinski definition) is 3. The van der Waals surface area contributed by atoms with Crippen LogP contribution in [0.15, 0.2) is 48.7 Å². The first-order valence-electron chi connectivity index (χ1n) is 9.62. The number of rotatable bonds is 5. The monoisotopic (exact) mass is 416 g/mol. The molecule has 0 radical (unpaired) electrons. The van der Waals surface area contributed by atoms with Crippen molar-refractivity contribution in [2.24, 2.45) is 0 Å². The third kappa shape index (κ3) is 4.37. The molecule has 0 aliphatic carbocycles. The Bertz CT molecular complexity index is 1030. The van der Waals surface area contributed by atoms with Crippen molar-refractivity contribution in [3.63, 3.8) is 0 Å². The summed E-state index contributed by atoms with van der Waals surface area (Å²) >= 11 is 0. The van der Waals surface area contributed by atoms with Crippen LogP contribution in [0.5, 0.6) is 0 Å². The van der Waals surface area contributed by atoms with E-state index in [4.69, 9.17) is 0 Å². The molecule has 0 aliphatic rings. The highest BCUT2D eigenvalue weighted by Crippen LogP contribution is 2.34. The molecule has 3 rings (SSSR count). The van der Waals surface area contributed by atoms with Gasteiger partial charge in [0, 0.05) is 5.69 Å². The molecule has 1 heterocycles. The predicted octanol–water partition coefficient (Wildman–Crippen LogP) is 5.79. The number of anilines is 1. The Morgan fingerprint density at radius 1 is 0.967 bits per heavy atom. The molecular weight excluding hydrogens is 393 g/mol. The minimum atomic E-state index is -4.55. The van der Waals surface area contributed by atoms with Gasteiger partial charge in [0.05, 0.1) is 17.4 Å². The number of alkyl halides is 3. The molecule has 1 amide bonds. The van der Waals surface area contributed by atoms with Crippen molar-refractivity contribution in [3.8, 4) is 5.69 Å². The maximum absolute atomic E-state index is 13.3. The normalized spacial score (nSPS) is 11.9. The van der Waals surface area contributed by atoms with Crippen LogP contribution in [0.25, 0.3) is 5.69 Å². The van der Waals surface area contributed by atoms with Crippen LogP contribution in [0.4, 0.5) is 18.9 Å². The summed E-state index contributed by atoms with van der Waals surface area (Å²) in [5, 5.41) is 10.4. The molecule has 0 aliphatic heterocycles. The first-order chi connectivity index (χ1) is 14.1. The highest BCUT2D eigenvalue weighted by Gasteiger charge is 2.34. The first kappa shape index (κ1) is 21.5. The van der Waals surface area contributed by atoms with Gasteiger partial charge in [0.2, 0.25) is 0 Å². The minimum Gasteiger partial charge on any atom is -0.320 e. The van der Waals surface area contributed by atoms with Gasteiger partial charge < -0.3 is 5.32 Å². The highest BCUT2D eigenvalue weighted by molar-refractivity contribution is 6.03. The molecule has 0 saturated heterocycles. The Morgan fingerprint density at radius 3 is 2.13 bits per heavy atom. The Labute approximate surface area is 172 Å². The number of nitrogens with zero attached hydrogens (tertiary/aromatic N) is 3. The van der Waals surface area contributed by atoms with Crippen LogP contribution in [-0.4, -0.2) is 20.9 Å². The predicted molar refractivity (Wildman–Crippen MR) is 109 cm³/mol. The van der Waals surface area contributed by atoms with Crippen LogP contribution < -0.4 is 5.32 Å². The molecule has 0 unspecified atom stereocenters. The lowest BCUT2D eigenvalue weighted by Crippen LogP contribution is -2.16. The second-order valence-electron chi connectivity index (χ2n) is 7.64. The molecule has 3 aromatic rings. The van der Waals surface area contributed by atoms with Gasteiger partial charge in [-0.1, -0.05) is 63.2 Å². The molecule has 1 aromatic heterocycles. The number of hydrogen-bond donors (Lipinski definition) is 1. The summed E-state index contributed by atoms with van der Waals surface area (Å²) in [5.74, 6) is -0.178. The lowest BCUT2D eigenvalue weighted by Gasteiger charge is -2.19. The van der Waals surface area contributed by atoms with Crippen molar-refractivity contribution in [2.45, 2.75) is 45.7 Å². The largest absolute Gasteiger partial charge is 0.418 e. The van der Waals surface area contributed by atoms with E-state index in [-0.39, 0.29) is 23.2 Å². The molecule has 158 valence electrons. The van der Waals surface area contributed by atoms with Gasteiger partial charge in [0.1, 0.15) is 0 Å². The van der Waals surface area contributed by atoms with Crippen LogP contribution in [-0.2, 0) is 6.18 Å². The zero-order chi connectivity index (χ0) is 22.1. The first-order valence-corrected chi connectivity index (χ1v) is 9.62. The van der Waals surface area contributed by atoms with Crippen molar-refractivity contribution in [2.75, 3.05) is 5.32 Å². The third-order valence-corrected chi connectivity index (χ3v) is 4.79. The molecule has 0 atom stereocenters. The van der Waals surface area contributed by atoms with Gasteiger partial charge in [0.15, 0.2) is 5.69 Å². The number of benzene rings is 2. The number of nitrogens with one attached hydrogen (secondary N) is 1. The van der Waals surface area contributed by atoms with E-state index in [0.29, 0.717) is 5.69 Å². The van der Waals surface area contributed by atoms with E-state index >= 15 is 0 Å². The molecule has 0 spiro atoms. The maximum Gasteiger partial charge on any atom is 0.418 e. The summed E-state index contributed by atoms with van der Waals surface area (Å²) in [5.41, 5.74) is 1.54. The average molecular weight is 416 g/mol. The quantitative estimate of drug-likeness (QED) is 0.573. The van der Waals surface area contributed by atoms with Crippen molar-refractivity contribution in [3.05, 3.63) is 71.0 Å². The summed E-state index contributed by atoms with van der Waals surface area (Å²) < 4.78 is 40.8. The van der Waals surface area contributed by atoms with Crippen molar-refractivity contribution in [1.29, 1.82) is 0 Å². The van der Waals surface area contributed by atoms with Crippen molar-refractivity contribution < 1.29 is 18.0 Å². The van der Waals surface area contributed by atoms with Gasteiger partial charge in [-0.2, -0.15) is 13.2 Å². The lowest BCUT2D eigenvalue weighted by atomic mass is 9.92. The third-order valence-electron chi connectivity index (χ3n) is 4.79. The fraction of sp³-hybridized carbons (Fsp3) is 0.318. The van der Waals surface area contributed by atoms with Gasteiger partial charge in [-0.3, -0.25) is 4.79 Å². The molecule has 30 heavy (non-hydrogen) atoms. The minimum absolute atomic E-state index is 0.0692. The molecule has 0 saturated carbocycles. The Balaban J connectivity index is 1.95. The van der Waals surface area contributed by atoms with Crippen LogP contribution in [0.3, 0.4) is 0 Å². The summed E-state index contributed by atoms with van der Waals surface area (Å²) in [4.78, 5) is 12.8. The highest BCUT2D eigenvalue weighted by atomic mass is 19.4.